The first-order valence-corrected chi connectivity index (χ1v) is 8.34. The van der Waals surface area contributed by atoms with E-state index in [4.69, 9.17) is 11.6 Å². The first kappa shape index (κ1) is 16.1. The zero-order valence-electron chi connectivity index (χ0n) is 13.1. The number of hydrogen-bond acceptors (Lipinski definition) is 3. The Labute approximate surface area is 140 Å². The average molecular weight is 337 g/mol. The highest BCUT2D eigenvalue weighted by molar-refractivity contribution is 6.34. The summed E-state index contributed by atoms with van der Waals surface area (Å²) in [4.78, 5) is 26.4. The molecule has 7 heteroatoms. The van der Waals surface area contributed by atoms with E-state index in [9.17, 15) is 9.59 Å². The van der Waals surface area contributed by atoms with Gasteiger partial charge < -0.3 is 20.9 Å². The van der Waals surface area contributed by atoms with Crippen LogP contribution < -0.4 is 16.0 Å². The van der Waals surface area contributed by atoms with Crippen molar-refractivity contribution in [3.05, 3.63) is 28.8 Å². The molecule has 0 aromatic heterocycles. The summed E-state index contributed by atoms with van der Waals surface area (Å²) in [7, 11) is 0. The Morgan fingerprint density at radius 3 is 3.00 bits per heavy atom. The topological polar surface area (TPSA) is 73.5 Å². The van der Waals surface area contributed by atoms with Crippen molar-refractivity contribution in [2.75, 3.05) is 31.5 Å². The maximum absolute atomic E-state index is 12.5. The summed E-state index contributed by atoms with van der Waals surface area (Å²) in [6.45, 7) is 4.98. The van der Waals surface area contributed by atoms with Gasteiger partial charge in [-0.1, -0.05) is 11.6 Å². The number of carbonyl (C=O) groups is 2. The molecule has 23 heavy (non-hydrogen) atoms. The molecule has 0 unspecified atom stereocenters. The van der Waals surface area contributed by atoms with Gasteiger partial charge in [0.05, 0.1) is 10.6 Å². The number of rotatable bonds is 3. The lowest BCUT2D eigenvalue weighted by atomic mass is 10.1. The van der Waals surface area contributed by atoms with Crippen LogP contribution in [0.4, 0.5) is 10.5 Å². The third-order valence-corrected chi connectivity index (χ3v) is 4.84. The highest BCUT2D eigenvalue weighted by Gasteiger charge is 2.39. The minimum Gasteiger partial charge on any atom is -0.352 e. The molecular weight excluding hydrogens is 316 g/mol. The molecule has 2 aliphatic heterocycles. The molecule has 6 nitrogen and oxygen atoms in total. The monoisotopic (exact) mass is 336 g/mol. The van der Waals surface area contributed by atoms with Gasteiger partial charge in [-0.2, -0.15) is 0 Å². The number of likely N-dealkylation sites (tertiary alicyclic amines) is 1. The normalized spacial score (nSPS) is 22.8. The first-order valence-electron chi connectivity index (χ1n) is 7.96. The van der Waals surface area contributed by atoms with E-state index in [1.807, 2.05) is 11.8 Å². The van der Waals surface area contributed by atoms with Crippen molar-refractivity contribution in [2.24, 2.45) is 5.92 Å². The zero-order chi connectivity index (χ0) is 16.4. The van der Waals surface area contributed by atoms with Crippen LogP contribution in [0.2, 0.25) is 5.02 Å². The number of carbonyl (C=O) groups excluding carboxylic acids is 2. The molecule has 0 spiro atoms. The van der Waals surface area contributed by atoms with Crippen molar-refractivity contribution in [3.8, 4) is 0 Å². The SMILES string of the molecule is CCNC(=O)c1cc(NC(=O)N2CC[C@@H]3CNC[C@@H]32)ccc1Cl. The minimum atomic E-state index is -0.241. The zero-order valence-corrected chi connectivity index (χ0v) is 13.8. The molecule has 3 rings (SSSR count). The van der Waals surface area contributed by atoms with Crippen LogP contribution in [-0.2, 0) is 0 Å². The second-order valence-corrected chi connectivity index (χ2v) is 6.36. The van der Waals surface area contributed by atoms with E-state index in [-0.39, 0.29) is 18.0 Å². The first-order chi connectivity index (χ1) is 11.1. The largest absolute Gasteiger partial charge is 0.352 e. The fourth-order valence-electron chi connectivity index (χ4n) is 3.33. The number of anilines is 1. The maximum atomic E-state index is 12.5. The Morgan fingerprint density at radius 2 is 2.22 bits per heavy atom. The van der Waals surface area contributed by atoms with Gasteiger partial charge in [0.2, 0.25) is 0 Å². The lowest BCUT2D eigenvalue weighted by Gasteiger charge is -2.23. The van der Waals surface area contributed by atoms with Crippen molar-refractivity contribution < 1.29 is 9.59 Å². The van der Waals surface area contributed by atoms with Crippen LogP contribution in [0.5, 0.6) is 0 Å². The Hall–Kier alpha value is -1.79. The summed E-state index contributed by atoms with van der Waals surface area (Å²) < 4.78 is 0. The van der Waals surface area contributed by atoms with E-state index >= 15 is 0 Å². The molecule has 1 aromatic rings. The van der Waals surface area contributed by atoms with Crippen molar-refractivity contribution in [1.82, 2.24) is 15.5 Å². The van der Waals surface area contributed by atoms with E-state index < -0.39 is 0 Å². The predicted molar refractivity (Wildman–Crippen MR) is 89.9 cm³/mol. The lowest BCUT2D eigenvalue weighted by molar-refractivity contribution is 0.0956. The molecular formula is C16H21ClN4O2. The van der Waals surface area contributed by atoms with Crippen LogP contribution in [-0.4, -0.2) is 49.1 Å². The highest BCUT2D eigenvalue weighted by Crippen LogP contribution is 2.28. The fraction of sp³-hybridized carbons (Fsp3) is 0.500. The van der Waals surface area contributed by atoms with E-state index in [1.165, 1.54) is 0 Å². The number of urea groups is 1. The quantitative estimate of drug-likeness (QED) is 0.789. The number of nitrogens with zero attached hydrogens (tertiary/aromatic N) is 1. The molecule has 2 aliphatic rings. The van der Waals surface area contributed by atoms with E-state index in [0.717, 1.165) is 26.1 Å². The van der Waals surface area contributed by atoms with Gasteiger partial charge in [-0.15, -0.1) is 0 Å². The smallest absolute Gasteiger partial charge is 0.322 e. The third-order valence-electron chi connectivity index (χ3n) is 4.51. The van der Waals surface area contributed by atoms with Gasteiger partial charge in [0, 0.05) is 37.9 Å². The molecule has 3 amide bonds. The van der Waals surface area contributed by atoms with Gasteiger partial charge in [0.1, 0.15) is 0 Å². The maximum Gasteiger partial charge on any atom is 0.322 e. The Kier molecular flexibility index (Phi) is 4.73. The second kappa shape index (κ2) is 6.76. The molecule has 3 N–H and O–H groups in total. The average Bonchev–Trinajstić information content (AvgIpc) is 3.12. The molecule has 0 aliphatic carbocycles. The Balaban J connectivity index is 1.71. The third kappa shape index (κ3) is 3.28. The van der Waals surface area contributed by atoms with Gasteiger partial charge in [0.25, 0.3) is 5.91 Å². The standard InChI is InChI=1S/C16H21ClN4O2/c1-2-19-15(22)12-7-11(3-4-13(12)17)20-16(23)21-6-5-10-8-18-9-14(10)21/h3-4,7,10,14,18H,2,5-6,8-9H2,1H3,(H,19,22)(H,20,23)/t10-,14+/m1/s1. The summed E-state index contributed by atoms with van der Waals surface area (Å²) in [6.07, 6.45) is 1.04. The van der Waals surface area contributed by atoms with Gasteiger partial charge >= 0.3 is 6.03 Å². The lowest BCUT2D eigenvalue weighted by Crippen LogP contribution is -2.41. The molecule has 0 bridgehead atoms. The van der Waals surface area contributed by atoms with E-state index in [2.05, 4.69) is 16.0 Å². The Morgan fingerprint density at radius 1 is 1.39 bits per heavy atom. The number of benzene rings is 1. The molecule has 2 heterocycles. The van der Waals surface area contributed by atoms with Crippen LogP contribution in [0.25, 0.3) is 0 Å². The van der Waals surface area contributed by atoms with Gasteiger partial charge in [-0.05, 0) is 37.5 Å². The summed E-state index contributed by atoms with van der Waals surface area (Å²) in [6, 6.07) is 5.11. The molecule has 0 radical (unpaired) electrons. The van der Waals surface area contributed by atoms with Crippen LogP contribution >= 0.6 is 11.6 Å². The summed E-state index contributed by atoms with van der Waals surface area (Å²) in [5.74, 6) is 0.312. The Bertz CT molecular complexity index is 622. The minimum absolute atomic E-state index is 0.120. The number of hydrogen-bond donors (Lipinski definition) is 3. The molecule has 2 atom stereocenters. The van der Waals surface area contributed by atoms with Gasteiger partial charge in [0.15, 0.2) is 0 Å². The predicted octanol–water partition coefficient (Wildman–Crippen LogP) is 1.92. The molecule has 2 fully saturated rings. The van der Waals surface area contributed by atoms with Crippen molar-refractivity contribution in [2.45, 2.75) is 19.4 Å². The van der Waals surface area contributed by atoms with Crippen LogP contribution in [0.15, 0.2) is 18.2 Å². The van der Waals surface area contributed by atoms with Crippen molar-refractivity contribution >= 4 is 29.2 Å². The number of halogens is 1. The number of amides is 3. The summed E-state index contributed by atoms with van der Waals surface area (Å²) in [5.41, 5.74) is 0.947. The van der Waals surface area contributed by atoms with Gasteiger partial charge in [-0.25, -0.2) is 4.79 Å². The van der Waals surface area contributed by atoms with Crippen LogP contribution in [0.1, 0.15) is 23.7 Å². The van der Waals surface area contributed by atoms with Crippen LogP contribution in [0, 0.1) is 5.92 Å². The second-order valence-electron chi connectivity index (χ2n) is 5.95. The molecule has 0 saturated carbocycles. The fourth-order valence-corrected chi connectivity index (χ4v) is 3.53. The molecule has 1 aromatic carbocycles. The van der Waals surface area contributed by atoms with E-state index in [0.29, 0.717) is 28.7 Å². The number of nitrogens with one attached hydrogen (secondary N) is 3. The van der Waals surface area contributed by atoms with E-state index in [1.54, 1.807) is 18.2 Å². The number of fused-ring (bicyclic) bond motifs is 1. The molecule has 2 saturated heterocycles. The summed E-state index contributed by atoms with van der Waals surface area (Å²) >= 11 is 6.07. The summed E-state index contributed by atoms with van der Waals surface area (Å²) in [5, 5.41) is 9.29. The van der Waals surface area contributed by atoms with Crippen molar-refractivity contribution in [3.63, 3.8) is 0 Å². The van der Waals surface area contributed by atoms with Crippen LogP contribution in [0.3, 0.4) is 0 Å². The van der Waals surface area contributed by atoms with Crippen molar-refractivity contribution in [1.29, 1.82) is 0 Å². The molecule has 124 valence electrons. The van der Waals surface area contributed by atoms with Gasteiger partial charge in [-0.3, -0.25) is 4.79 Å². The highest BCUT2D eigenvalue weighted by atomic mass is 35.5.